The summed E-state index contributed by atoms with van der Waals surface area (Å²) in [5, 5.41) is 2.80. The van der Waals surface area contributed by atoms with Crippen molar-refractivity contribution in [3.63, 3.8) is 0 Å². The summed E-state index contributed by atoms with van der Waals surface area (Å²) in [5.41, 5.74) is 1.08. The molecule has 94 valence electrons. The third kappa shape index (κ3) is 2.56. The molecule has 0 fully saturated rings. The van der Waals surface area contributed by atoms with Gasteiger partial charge in [0.15, 0.2) is 0 Å². The molecule has 0 bridgehead atoms. The lowest BCUT2D eigenvalue weighted by Crippen LogP contribution is -2.28. The normalized spacial score (nSPS) is 12.2. The van der Waals surface area contributed by atoms with Crippen molar-refractivity contribution in [3.8, 4) is 0 Å². The molecule has 0 aliphatic carbocycles. The summed E-state index contributed by atoms with van der Waals surface area (Å²) in [7, 11) is 0. The largest absolute Gasteiger partial charge is 0.347 e. The Morgan fingerprint density at radius 3 is 2.89 bits per heavy atom. The Morgan fingerprint density at radius 2 is 2.28 bits per heavy atom. The van der Waals surface area contributed by atoms with E-state index in [-0.39, 0.29) is 17.8 Å². The van der Waals surface area contributed by atoms with Gasteiger partial charge in [0.1, 0.15) is 11.6 Å². The maximum atomic E-state index is 13.0. The number of imidazole rings is 1. The van der Waals surface area contributed by atoms with Gasteiger partial charge in [0.25, 0.3) is 5.91 Å². The van der Waals surface area contributed by atoms with Crippen molar-refractivity contribution < 1.29 is 9.18 Å². The fourth-order valence-electron chi connectivity index (χ4n) is 1.74. The zero-order chi connectivity index (χ0) is 13.1. The van der Waals surface area contributed by atoms with Crippen molar-refractivity contribution in [1.82, 2.24) is 15.3 Å². The van der Waals surface area contributed by atoms with Crippen LogP contribution in [-0.4, -0.2) is 15.9 Å². The van der Waals surface area contributed by atoms with Crippen LogP contribution in [0.2, 0.25) is 0 Å². The fourth-order valence-corrected chi connectivity index (χ4v) is 1.74. The van der Waals surface area contributed by atoms with E-state index >= 15 is 0 Å². The van der Waals surface area contributed by atoms with E-state index in [0.29, 0.717) is 17.0 Å². The van der Waals surface area contributed by atoms with E-state index in [0.717, 1.165) is 0 Å². The summed E-state index contributed by atoms with van der Waals surface area (Å²) in [4.78, 5) is 19.0. The first-order valence-corrected chi connectivity index (χ1v) is 5.64. The van der Waals surface area contributed by atoms with E-state index in [2.05, 4.69) is 15.3 Å². The highest BCUT2D eigenvalue weighted by molar-refractivity contribution is 5.95. The molecule has 0 saturated carbocycles. The summed E-state index contributed by atoms with van der Waals surface area (Å²) in [6.07, 6.45) is 3.32. The molecule has 0 spiro atoms. The molecule has 1 aromatic heterocycles. The third-order valence-corrected chi connectivity index (χ3v) is 2.71. The molecule has 2 aromatic rings. The van der Waals surface area contributed by atoms with E-state index in [1.165, 1.54) is 18.2 Å². The lowest BCUT2D eigenvalue weighted by atomic mass is 10.1. The number of nitrogens with one attached hydrogen (secondary N) is 2. The first-order valence-electron chi connectivity index (χ1n) is 5.64. The monoisotopic (exact) mass is 247 g/mol. The SMILES string of the molecule is Cc1cc(F)ccc1C(=O)NC(C)c1ncc[nH]1. The fraction of sp³-hybridized carbons (Fsp3) is 0.231. The molecule has 0 aliphatic heterocycles. The molecule has 0 saturated heterocycles. The number of benzene rings is 1. The number of nitrogens with zero attached hydrogens (tertiary/aromatic N) is 1. The van der Waals surface area contributed by atoms with Crippen LogP contribution in [0.3, 0.4) is 0 Å². The number of rotatable bonds is 3. The van der Waals surface area contributed by atoms with Gasteiger partial charge in [0.05, 0.1) is 6.04 Å². The molecule has 1 atom stereocenters. The van der Waals surface area contributed by atoms with Gasteiger partial charge in [-0.15, -0.1) is 0 Å². The van der Waals surface area contributed by atoms with E-state index in [4.69, 9.17) is 0 Å². The molecule has 1 unspecified atom stereocenters. The van der Waals surface area contributed by atoms with E-state index in [9.17, 15) is 9.18 Å². The van der Waals surface area contributed by atoms with Gasteiger partial charge in [-0.3, -0.25) is 4.79 Å². The van der Waals surface area contributed by atoms with Gasteiger partial charge >= 0.3 is 0 Å². The number of carbonyl (C=O) groups excluding carboxylic acids is 1. The van der Waals surface area contributed by atoms with Crippen molar-refractivity contribution in [3.05, 3.63) is 53.4 Å². The molecule has 5 heteroatoms. The maximum Gasteiger partial charge on any atom is 0.252 e. The standard InChI is InChI=1S/C13H14FN3O/c1-8-7-10(14)3-4-11(8)13(18)17-9(2)12-15-5-6-16-12/h3-7,9H,1-2H3,(H,15,16)(H,17,18). The van der Waals surface area contributed by atoms with Crippen LogP contribution >= 0.6 is 0 Å². The topological polar surface area (TPSA) is 57.8 Å². The minimum Gasteiger partial charge on any atom is -0.347 e. The summed E-state index contributed by atoms with van der Waals surface area (Å²) in [5.74, 6) is 0.0997. The molecular formula is C13H14FN3O. The number of amides is 1. The zero-order valence-electron chi connectivity index (χ0n) is 10.2. The minimum absolute atomic E-state index is 0.225. The average Bonchev–Trinajstić information content (AvgIpc) is 2.81. The van der Waals surface area contributed by atoms with Crippen LogP contribution in [0.1, 0.15) is 34.7 Å². The van der Waals surface area contributed by atoms with Crippen LogP contribution in [0.15, 0.2) is 30.6 Å². The highest BCUT2D eigenvalue weighted by atomic mass is 19.1. The number of H-pyrrole nitrogens is 1. The lowest BCUT2D eigenvalue weighted by molar-refractivity contribution is 0.0938. The second-order valence-electron chi connectivity index (χ2n) is 4.13. The van der Waals surface area contributed by atoms with Gasteiger partial charge < -0.3 is 10.3 Å². The molecule has 1 heterocycles. The van der Waals surface area contributed by atoms with E-state index in [1.54, 1.807) is 19.3 Å². The summed E-state index contributed by atoms with van der Waals surface area (Å²) < 4.78 is 13.0. The molecule has 1 aromatic carbocycles. The number of aromatic amines is 1. The predicted molar refractivity (Wildman–Crippen MR) is 65.6 cm³/mol. The molecule has 4 nitrogen and oxygen atoms in total. The van der Waals surface area contributed by atoms with Gasteiger partial charge in [0, 0.05) is 18.0 Å². The number of hydrogen-bond donors (Lipinski definition) is 2. The second-order valence-corrected chi connectivity index (χ2v) is 4.13. The van der Waals surface area contributed by atoms with Gasteiger partial charge in [-0.25, -0.2) is 9.37 Å². The molecule has 2 N–H and O–H groups in total. The van der Waals surface area contributed by atoms with Crippen LogP contribution in [0.5, 0.6) is 0 Å². The van der Waals surface area contributed by atoms with Crippen molar-refractivity contribution in [2.24, 2.45) is 0 Å². The highest BCUT2D eigenvalue weighted by Crippen LogP contribution is 2.12. The van der Waals surface area contributed by atoms with Crippen molar-refractivity contribution >= 4 is 5.91 Å². The average molecular weight is 247 g/mol. The Morgan fingerprint density at radius 1 is 1.50 bits per heavy atom. The van der Waals surface area contributed by atoms with Crippen LogP contribution < -0.4 is 5.32 Å². The van der Waals surface area contributed by atoms with Crippen LogP contribution in [-0.2, 0) is 0 Å². The number of aromatic nitrogens is 2. The summed E-state index contributed by atoms with van der Waals surface area (Å²) in [6, 6.07) is 3.87. The van der Waals surface area contributed by atoms with Gasteiger partial charge in [-0.2, -0.15) is 0 Å². The summed E-state index contributed by atoms with van der Waals surface area (Å²) in [6.45, 7) is 3.53. The Bertz CT molecular complexity index is 551. The number of aryl methyl sites for hydroxylation is 1. The number of halogens is 1. The molecule has 2 rings (SSSR count). The molecule has 1 amide bonds. The minimum atomic E-state index is -0.344. The second kappa shape index (κ2) is 5.00. The highest BCUT2D eigenvalue weighted by Gasteiger charge is 2.14. The number of hydrogen-bond acceptors (Lipinski definition) is 2. The molecular weight excluding hydrogens is 233 g/mol. The van der Waals surface area contributed by atoms with Crippen molar-refractivity contribution in [2.75, 3.05) is 0 Å². The Hall–Kier alpha value is -2.17. The maximum absolute atomic E-state index is 13.0. The first-order chi connectivity index (χ1) is 8.58. The van der Waals surface area contributed by atoms with Crippen molar-refractivity contribution in [2.45, 2.75) is 19.9 Å². The van der Waals surface area contributed by atoms with Gasteiger partial charge in [-0.05, 0) is 37.6 Å². The molecule has 0 radical (unpaired) electrons. The zero-order valence-corrected chi connectivity index (χ0v) is 10.2. The number of carbonyl (C=O) groups is 1. The van der Waals surface area contributed by atoms with E-state index < -0.39 is 0 Å². The Balaban J connectivity index is 2.12. The quantitative estimate of drug-likeness (QED) is 0.874. The Kier molecular flexibility index (Phi) is 3.41. The smallest absolute Gasteiger partial charge is 0.252 e. The van der Waals surface area contributed by atoms with Crippen LogP contribution in [0, 0.1) is 12.7 Å². The van der Waals surface area contributed by atoms with Crippen molar-refractivity contribution in [1.29, 1.82) is 0 Å². The predicted octanol–water partition coefficient (Wildman–Crippen LogP) is 2.35. The third-order valence-electron chi connectivity index (χ3n) is 2.71. The van der Waals surface area contributed by atoms with Crippen LogP contribution in [0.25, 0.3) is 0 Å². The van der Waals surface area contributed by atoms with Gasteiger partial charge in [-0.1, -0.05) is 0 Å². The summed E-state index contributed by atoms with van der Waals surface area (Å²) >= 11 is 0. The first kappa shape index (κ1) is 12.3. The van der Waals surface area contributed by atoms with Crippen LogP contribution in [0.4, 0.5) is 4.39 Å². The molecule has 0 aliphatic rings. The Labute approximate surface area is 104 Å². The van der Waals surface area contributed by atoms with E-state index in [1.807, 2.05) is 6.92 Å². The lowest BCUT2D eigenvalue weighted by Gasteiger charge is -2.12. The molecule has 18 heavy (non-hydrogen) atoms. The van der Waals surface area contributed by atoms with Gasteiger partial charge in [0.2, 0.25) is 0 Å².